The van der Waals surface area contributed by atoms with E-state index in [1.54, 1.807) is 31.2 Å². The van der Waals surface area contributed by atoms with Crippen LogP contribution in [0.25, 0.3) is 11.3 Å². The molecule has 2 aromatic carbocycles. The van der Waals surface area contributed by atoms with Crippen LogP contribution in [0.4, 0.5) is 14.6 Å². The lowest BCUT2D eigenvalue weighted by Gasteiger charge is -2.21. The molecule has 0 unspecified atom stereocenters. The highest BCUT2D eigenvalue weighted by atomic mass is 19.3. The standard InChI is InChI=1S/C24H18F2N2O6/c1-12-6-7-13(21(29)30)8-14(12)16-4-3-5-20(27-16)28-22(31)23(2)11-32-17-10-19-18(9-15(17)23)33-24(25,26)34-19/h3-10H,11H2,1-2H3,(H,29,30)(H,27,28,31)/t23-/m0/s1. The van der Waals surface area contributed by atoms with E-state index in [-0.39, 0.29) is 35.2 Å². The molecule has 1 atom stereocenters. The van der Waals surface area contributed by atoms with E-state index in [0.29, 0.717) is 16.8 Å². The normalized spacial score (nSPS) is 19.3. The van der Waals surface area contributed by atoms with Gasteiger partial charge in [-0.25, -0.2) is 9.78 Å². The molecule has 10 heteroatoms. The zero-order valence-electron chi connectivity index (χ0n) is 18.0. The third-order valence-electron chi connectivity index (χ3n) is 5.87. The lowest BCUT2D eigenvalue weighted by Crippen LogP contribution is -2.39. The van der Waals surface area contributed by atoms with Crippen molar-refractivity contribution in [3.63, 3.8) is 0 Å². The second kappa shape index (κ2) is 7.41. The average Bonchev–Trinajstić information content (AvgIpc) is 3.27. The van der Waals surface area contributed by atoms with E-state index < -0.39 is 23.6 Å². The number of nitrogens with one attached hydrogen (secondary N) is 1. The molecule has 2 aliphatic heterocycles. The second-order valence-corrected chi connectivity index (χ2v) is 8.28. The predicted molar refractivity (Wildman–Crippen MR) is 115 cm³/mol. The van der Waals surface area contributed by atoms with E-state index in [2.05, 4.69) is 19.8 Å². The number of benzene rings is 2. The maximum Gasteiger partial charge on any atom is 0.586 e. The smallest absolute Gasteiger partial charge is 0.492 e. The Bertz CT molecular complexity index is 1360. The van der Waals surface area contributed by atoms with Gasteiger partial charge in [0.1, 0.15) is 23.6 Å². The van der Waals surface area contributed by atoms with Crippen LogP contribution in [-0.4, -0.2) is 34.9 Å². The molecule has 34 heavy (non-hydrogen) atoms. The highest BCUT2D eigenvalue weighted by Gasteiger charge is 2.49. The van der Waals surface area contributed by atoms with Crippen LogP contribution >= 0.6 is 0 Å². The summed E-state index contributed by atoms with van der Waals surface area (Å²) in [5.41, 5.74) is 1.21. The number of hydrogen-bond acceptors (Lipinski definition) is 6. The Labute approximate surface area is 192 Å². The van der Waals surface area contributed by atoms with Gasteiger partial charge in [0.15, 0.2) is 11.5 Å². The SMILES string of the molecule is Cc1ccc(C(=O)O)cc1-c1cccc(NC(=O)[C@@]2(C)COc3cc4c(cc32)OC(F)(F)O4)n1. The Morgan fingerprint density at radius 1 is 1.06 bits per heavy atom. The van der Waals surface area contributed by atoms with Crippen molar-refractivity contribution in [3.8, 4) is 28.5 Å². The van der Waals surface area contributed by atoms with E-state index in [1.807, 2.05) is 6.92 Å². The molecule has 5 rings (SSSR count). The number of hydrogen-bond donors (Lipinski definition) is 2. The van der Waals surface area contributed by atoms with Gasteiger partial charge in [0.2, 0.25) is 5.91 Å². The van der Waals surface area contributed by atoms with Crippen molar-refractivity contribution in [1.29, 1.82) is 0 Å². The zero-order chi connectivity index (χ0) is 24.3. The first-order valence-electron chi connectivity index (χ1n) is 10.3. The molecule has 3 aromatic rings. The van der Waals surface area contributed by atoms with E-state index >= 15 is 0 Å². The molecule has 3 heterocycles. The summed E-state index contributed by atoms with van der Waals surface area (Å²) in [7, 11) is 0. The topological polar surface area (TPSA) is 107 Å². The molecule has 0 aliphatic carbocycles. The number of aromatic carboxylic acids is 1. The number of carbonyl (C=O) groups is 2. The van der Waals surface area contributed by atoms with Gasteiger partial charge in [-0.3, -0.25) is 4.79 Å². The van der Waals surface area contributed by atoms with Crippen LogP contribution in [0.3, 0.4) is 0 Å². The molecule has 0 spiro atoms. The van der Waals surface area contributed by atoms with E-state index in [9.17, 15) is 23.5 Å². The number of fused-ring (bicyclic) bond motifs is 2. The molecule has 1 aromatic heterocycles. The minimum Gasteiger partial charge on any atom is -0.492 e. The molecule has 2 N–H and O–H groups in total. The van der Waals surface area contributed by atoms with Gasteiger partial charge >= 0.3 is 12.3 Å². The van der Waals surface area contributed by atoms with Gasteiger partial charge in [-0.15, -0.1) is 8.78 Å². The Kier molecular flexibility index (Phi) is 4.71. The highest BCUT2D eigenvalue weighted by molar-refractivity contribution is 6.00. The highest BCUT2D eigenvalue weighted by Crippen LogP contribution is 2.50. The molecule has 0 saturated heterocycles. The first-order valence-corrected chi connectivity index (χ1v) is 10.3. The van der Waals surface area contributed by atoms with Crippen molar-refractivity contribution in [2.45, 2.75) is 25.6 Å². The molecule has 8 nitrogen and oxygen atoms in total. The summed E-state index contributed by atoms with van der Waals surface area (Å²) in [5.74, 6) is -1.37. The fourth-order valence-electron chi connectivity index (χ4n) is 3.96. The third kappa shape index (κ3) is 3.57. The van der Waals surface area contributed by atoms with Crippen molar-refractivity contribution in [2.24, 2.45) is 0 Å². The zero-order valence-corrected chi connectivity index (χ0v) is 18.0. The summed E-state index contributed by atoms with van der Waals surface area (Å²) >= 11 is 0. The summed E-state index contributed by atoms with van der Waals surface area (Å²) < 4.78 is 41.4. The molecule has 0 radical (unpaired) electrons. The molecule has 1 amide bonds. The number of aryl methyl sites for hydroxylation is 1. The second-order valence-electron chi connectivity index (χ2n) is 8.28. The number of halogens is 2. The van der Waals surface area contributed by atoms with Crippen LogP contribution in [-0.2, 0) is 10.2 Å². The number of nitrogens with zero attached hydrogens (tertiary/aromatic N) is 1. The number of alkyl halides is 2. The quantitative estimate of drug-likeness (QED) is 0.586. The minimum atomic E-state index is -3.78. The van der Waals surface area contributed by atoms with E-state index in [0.717, 1.165) is 5.56 Å². The summed E-state index contributed by atoms with van der Waals surface area (Å²) in [5, 5.41) is 12.0. The van der Waals surface area contributed by atoms with Crippen molar-refractivity contribution >= 4 is 17.7 Å². The van der Waals surface area contributed by atoms with Crippen LogP contribution in [0, 0.1) is 6.92 Å². The van der Waals surface area contributed by atoms with Gasteiger partial charge in [0.25, 0.3) is 0 Å². The van der Waals surface area contributed by atoms with Crippen molar-refractivity contribution < 1.29 is 37.7 Å². The molecular weight excluding hydrogens is 450 g/mol. The lowest BCUT2D eigenvalue weighted by molar-refractivity contribution is -0.286. The number of amides is 1. The summed E-state index contributed by atoms with van der Waals surface area (Å²) in [6, 6.07) is 12.3. The number of pyridine rings is 1. The Morgan fingerprint density at radius 2 is 1.79 bits per heavy atom. The average molecular weight is 468 g/mol. The first kappa shape index (κ1) is 21.6. The Morgan fingerprint density at radius 3 is 2.53 bits per heavy atom. The van der Waals surface area contributed by atoms with Crippen LogP contribution in [0.1, 0.15) is 28.4 Å². The number of carbonyl (C=O) groups excluding carboxylic acids is 1. The summed E-state index contributed by atoms with van der Waals surface area (Å²) in [6.07, 6.45) is -3.78. The number of carboxylic acid groups (broad SMARTS) is 1. The molecule has 174 valence electrons. The van der Waals surface area contributed by atoms with Crippen molar-refractivity contribution in [3.05, 3.63) is 65.2 Å². The molecule has 0 saturated carbocycles. The van der Waals surface area contributed by atoms with Gasteiger partial charge in [-0.05, 0) is 49.7 Å². The molecular formula is C24H18F2N2O6. The van der Waals surface area contributed by atoms with Gasteiger partial charge < -0.3 is 24.6 Å². The monoisotopic (exact) mass is 468 g/mol. The molecule has 0 bridgehead atoms. The van der Waals surface area contributed by atoms with Crippen LogP contribution in [0.5, 0.6) is 17.2 Å². The molecule has 2 aliphatic rings. The number of ether oxygens (including phenoxy) is 3. The number of aromatic nitrogens is 1. The maximum atomic E-state index is 13.4. The van der Waals surface area contributed by atoms with E-state index in [1.165, 1.54) is 24.3 Å². The van der Waals surface area contributed by atoms with Crippen molar-refractivity contribution in [1.82, 2.24) is 4.98 Å². The van der Waals surface area contributed by atoms with Gasteiger partial charge in [0.05, 0.1) is 11.3 Å². The largest absolute Gasteiger partial charge is 0.586 e. The third-order valence-corrected chi connectivity index (χ3v) is 5.87. The lowest BCUT2D eigenvalue weighted by atomic mass is 9.83. The van der Waals surface area contributed by atoms with Gasteiger partial charge in [0, 0.05) is 17.2 Å². The first-order chi connectivity index (χ1) is 16.1. The Hall–Kier alpha value is -4.21. The number of anilines is 1. The van der Waals surface area contributed by atoms with Crippen molar-refractivity contribution in [2.75, 3.05) is 11.9 Å². The fraction of sp³-hybridized carbons (Fsp3) is 0.208. The predicted octanol–water partition coefficient (Wildman–Crippen LogP) is 4.37. The fourth-order valence-corrected chi connectivity index (χ4v) is 3.96. The van der Waals surface area contributed by atoms with E-state index in [4.69, 9.17) is 4.74 Å². The van der Waals surface area contributed by atoms with Crippen LogP contribution in [0.15, 0.2) is 48.5 Å². The maximum absolute atomic E-state index is 13.4. The van der Waals surface area contributed by atoms with Crippen LogP contribution in [0.2, 0.25) is 0 Å². The minimum absolute atomic E-state index is 0.0209. The van der Waals surface area contributed by atoms with Gasteiger partial charge in [-0.2, -0.15) is 0 Å². The van der Waals surface area contributed by atoms with Crippen LogP contribution < -0.4 is 19.5 Å². The summed E-state index contributed by atoms with van der Waals surface area (Å²) in [6.45, 7) is 3.43. The number of rotatable bonds is 4. The Balaban J connectivity index is 1.43. The summed E-state index contributed by atoms with van der Waals surface area (Å²) in [4.78, 5) is 29.1. The molecule has 0 fully saturated rings. The van der Waals surface area contributed by atoms with Gasteiger partial charge in [-0.1, -0.05) is 12.1 Å². The number of carboxylic acids is 1.